The fourth-order valence-corrected chi connectivity index (χ4v) is 2.86. The standard InChI is InChI=1S/C20H22N4O4/c1-13(25)22-14-5-2-6-15(11-14)23-20(27)18-9-3-8-17(24-18)19(26)21-12-16-7-4-10-28-16/h2-3,5-6,8-9,11,16H,4,7,10,12H2,1H3,(H,21,26)(H,22,25)(H,23,27). The van der Waals surface area contributed by atoms with Crippen molar-refractivity contribution in [2.45, 2.75) is 25.9 Å². The predicted octanol–water partition coefficient (Wildman–Crippen LogP) is 2.20. The van der Waals surface area contributed by atoms with Gasteiger partial charge in [0.1, 0.15) is 11.4 Å². The van der Waals surface area contributed by atoms with Crippen LogP contribution < -0.4 is 16.0 Å². The number of benzene rings is 1. The van der Waals surface area contributed by atoms with E-state index in [1.54, 1.807) is 36.4 Å². The van der Waals surface area contributed by atoms with Crippen molar-refractivity contribution in [1.82, 2.24) is 10.3 Å². The Morgan fingerprint density at radius 1 is 1.04 bits per heavy atom. The molecule has 1 aliphatic rings. The number of carbonyl (C=O) groups is 3. The molecule has 0 radical (unpaired) electrons. The number of anilines is 2. The van der Waals surface area contributed by atoms with E-state index in [0.29, 0.717) is 17.9 Å². The van der Waals surface area contributed by atoms with Gasteiger partial charge < -0.3 is 20.7 Å². The monoisotopic (exact) mass is 382 g/mol. The second-order valence-corrected chi connectivity index (χ2v) is 6.47. The maximum atomic E-state index is 12.5. The number of ether oxygens (including phenoxy) is 1. The number of hydrogen-bond donors (Lipinski definition) is 3. The number of nitrogens with one attached hydrogen (secondary N) is 3. The molecule has 1 atom stereocenters. The first-order valence-corrected chi connectivity index (χ1v) is 9.07. The van der Waals surface area contributed by atoms with Crippen LogP contribution in [0.2, 0.25) is 0 Å². The second kappa shape index (κ2) is 9.09. The van der Waals surface area contributed by atoms with Crippen molar-refractivity contribution >= 4 is 29.1 Å². The van der Waals surface area contributed by atoms with Crippen LogP contribution in [-0.4, -0.2) is 42.0 Å². The number of amides is 3. The zero-order chi connectivity index (χ0) is 19.9. The van der Waals surface area contributed by atoms with Gasteiger partial charge in [-0.25, -0.2) is 4.98 Å². The van der Waals surface area contributed by atoms with Crippen LogP contribution in [-0.2, 0) is 9.53 Å². The van der Waals surface area contributed by atoms with Crippen LogP contribution in [0, 0.1) is 0 Å². The Morgan fingerprint density at radius 2 is 1.71 bits per heavy atom. The van der Waals surface area contributed by atoms with Gasteiger partial charge in [-0.2, -0.15) is 0 Å². The SMILES string of the molecule is CC(=O)Nc1cccc(NC(=O)c2cccc(C(=O)NCC3CCCO3)n2)c1. The highest BCUT2D eigenvalue weighted by Gasteiger charge is 2.18. The van der Waals surface area contributed by atoms with Crippen LogP contribution in [0.5, 0.6) is 0 Å². The molecule has 2 heterocycles. The average molecular weight is 382 g/mol. The van der Waals surface area contributed by atoms with Gasteiger partial charge in [-0.05, 0) is 43.2 Å². The molecule has 0 saturated carbocycles. The molecule has 1 aliphatic heterocycles. The van der Waals surface area contributed by atoms with Crippen LogP contribution in [0.4, 0.5) is 11.4 Å². The van der Waals surface area contributed by atoms with Crippen LogP contribution >= 0.6 is 0 Å². The summed E-state index contributed by atoms with van der Waals surface area (Å²) in [4.78, 5) is 40.1. The molecule has 8 nitrogen and oxygen atoms in total. The Hall–Kier alpha value is -3.26. The molecule has 3 rings (SSSR count). The highest BCUT2D eigenvalue weighted by molar-refractivity contribution is 6.04. The maximum absolute atomic E-state index is 12.5. The molecular weight excluding hydrogens is 360 g/mol. The first kappa shape index (κ1) is 19.5. The Bertz CT molecular complexity index is 878. The van der Waals surface area contributed by atoms with Crippen molar-refractivity contribution in [3.05, 3.63) is 53.9 Å². The quantitative estimate of drug-likeness (QED) is 0.710. The Labute approximate surface area is 162 Å². The Kier molecular flexibility index (Phi) is 6.33. The highest BCUT2D eigenvalue weighted by atomic mass is 16.5. The molecular formula is C20H22N4O4. The van der Waals surface area contributed by atoms with Gasteiger partial charge in [-0.3, -0.25) is 14.4 Å². The largest absolute Gasteiger partial charge is 0.376 e. The van der Waals surface area contributed by atoms with Crippen LogP contribution in [0.1, 0.15) is 40.7 Å². The van der Waals surface area contributed by atoms with Crippen molar-refractivity contribution in [2.24, 2.45) is 0 Å². The molecule has 0 spiro atoms. The molecule has 8 heteroatoms. The second-order valence-electron chi connectivity index (χ2n) is 6.47. The van der Waals surface area contributed by atoms with Gasteiger partial charge >= 0.3 is 0 Å². The third-order valence-corrected chi connectivity index (χ3v) is 4.17. The first-order chi connectivity index (χ1) is 13.5. The maximum Gasteiger partial charge on any atom is 0.274 e. The summed E-state index contributed by atoms with van der Waals surface area (Å²) in [6.45, 7) is 2.55. The lowest BCUT2D eigenvalue weighted by molar-refractivity contribution is -0.114. The number of aromatic nitrogens is 1. The number of nitrogens with zero attached hydrogens (tertiary/aromatic N) is 1. The molecule has 1 aromatic heterocycles. The molecule has 3 amide bonds. The zero-order valence-corrected chi connectivity index (χ0v) is 15.5. The van der Waals surface area contributed by atoms with E-state index in [-0.39, 0.29) is 29.3 Å². The van der Waals surface area contributed by atoms with Gasteiger partial charge in [0, 0.05) is 31.5 Å². The zero-order valence-electron chi connectivity index (χ0n) is 15.5. The molecule has 1 fully saturated rings. The Balaban J connectivity index is 1.63. The summed E-state index contributed by atoms with van der Waals surface area (Å²) in [5.74, 6) is -1.00. The topological polar surface area (TPSA) is 109 Å². The van der Waals surface area contributed by atoms with Crippen LogP contribution in [0.15, 0.2) is 42.5 Å². The molecule has 3 N–H and O–H groups in total. The molecule has 0 aliphatic carbocycles. The van der Waals surface area contributed by atoms with Gasteiger partial charge in [0.2, 0.25) is 5.91 Å². The summed E-state index contributed by atoms with van der Waals surface area (Å²) in [5, 5.41) is 8.14. The predicted molar refractivity (Wildman–Crippen MR) is 104 cm³/mol. The van der Waals surface area contributed by atoms with Crippen molar-refractivity contribution in [3.63, 3.8) is 0 Å². The third kappa shape index (κ3) is 5.37. The van der Waals surface area contributed by atoms with Gasteiger partial charge in [-0.1, -0.05) is 12.1 Å². The minimum absolute atomic E-state index is 0.0336. The average Bonchev–Trinajstić information content (AvgIpc) is 3.19. The fraction of sp³-hybridized carbons (Fsp3) is 0.300. The van der Waals surface area contributed by atoms with Gasteiger partial charge in [0.05, 0.1) is 6.10 Å². The summed E-state index contributed by atoms with van der Waals surface area (Å²) < 4.78 is 5.48. The molecule has 1 saturated heterocycles. The number of hydrogen-bond acceptors (Lipinski definition) is 5. The number of pyridine rings is 1. The van der Waals surface area contributed by atoms with Crippen LogP contribution in [0.25, 0.3) is 0 Å². The van der Waals surface area contributed by atoms with Crippen molar-refractivity contribution in [3.8, 4) is 0 Å². The van der Waals surface area contributed by atoms with E-state index in [1.807, 2.05) is 0 Å². The van der Waals surface area contributed by atoms with E-state index in [9.17, 15) is 14.4 Å². The van der Waals surface area contributed by atoms with Crippen molar-refractivity contribution in [1.29, 1.82) is 0 Å². The molecule has 0 bridgehead atoms. The smallest absolute Gasteiger partial charge is 0.274 e. The van der Waals surface area contributed by atoms with E-state index in [1.165, 1.54) is 13.0 Å². The van der Waals surface area contributed by atoms with E-state index in [0.717, 1.165) is 19.4 Å². The molecule has 28 heavy (non-hydrogen) atoms. The number of carbonyl (C=O) groups excluding carboxylic acids is 3. The summed E-state index contributed by atoms with van der Waals surface area (Å²) in [6.07, 6.45) is 1.96. The first-order valence-electron chi connectivity index (χ1n) is 9.07. The minimum atomic E-state index is -0.450. The normalized spacial score (nSPS) is 15.7. The van der Waals surface area contributed by atoms with E-state index < -0.39 is 5.91 Å². The minimum Gasteiger partial charge on any atom is -0.376 e. The van der Waals surface area contributed by atoms with Crippen molar-refractivity contribution in [2.75, 3.05) is 23.8 Å². The van der Waals surface area contributed by atoms with Gasteiger partial charge in [0.25, 0.3) is 11.8 Å². The fourth-order valence-electron chi connectivity index (χ4n) is 2.86. The molecule has 146 valence electrons. The summed E-state index contributed by atoms with van der Waals surface area (Å²) >= 11 is 0. The van der Waals surface area contributed by atoms with Crippen molar-refractivity contribution < 1.29 is 19.1 Å². The summed E-state index contributed by atoms with van der Waals surface area (Å²) in [7, 11) is 0. The summed E-state index contributed by atoms with van der Waals surface area (Å²) in [5.41, 5.74) is 1.36. The molecule has 2 aromatic rings. The van der Waals surface area contributed by atoms with Gasteiger partial charge in [-0.15, -0.1) is 0 Å². The molecule has 1 unspecified atom stereocenters. The lowest BCUT2D eigenvalue weighted by Gasteiger charge is -2.11. The van der Waals surface area contributed by atoms with E-state index in [4.69, 9.17) is 4.74 Å². The number of rotatable bonds is 6. The van der Waals surface area contributed by atoms with Crippen LogP contribution in [0.3, 0.4) is 0 Å². The third-order valence-electron chi connectivity index (χ3n) is 4.17. The Morgan fingerprint density at radius 3 is 2.39 bits per heavy atom. The summed E-state index contributed by atoms with van der Waals surface area (Å²) in [6, 6.07) is 11.5. The highest BCUT2D eigenvalue weighted by Crippen LogP contribution is 2.16. The van der Waals surface area contributed by atoms with E-state index >= 15 is 0 Å². The lowest BCUT2D eigenvalue weighted by Crippen LogP contribution is -2.32. The van der Waals surface area contributed by atoms with Gasteiger partial charge in [0.15, 0.2) is 0 Å². The molecule has 1 aromatic carbocycles. The lowest BCUT2D eigenvalue weighted by atomic mass is 10.2. The van der Waals surface area contributed by atoms with E-state index in [2.05, 4.69) is 20.9 Å².